The standard InChI is InChI=1S/C16H30O2/c1-3-4-10-16(18-13(2)17)11-9-14-7-5-6-8-15(14)12-16/h13-15,17H,3-12H2,1-2H3. The van der Waals surface area contributed by atoms with Crippen LogP contribution in [-0.2, 0) is 4.74 Å². The van der Waals surface area contributed by atoms with Crippen LogP contribution in [0.1, 0.15) is 78.1 Å². The van der Waals surface area contributed by atoms with Crippen molar-refractivity contribution in [3.63, 3.8) is 0 Å². The molecule has 0 aliphatic heterocycles. The number of rotatable bonds is 5. The van der Waals surface area contributed by atoms with Crippen molar-refractivity contribution in [2.45, 2.75) is 89.9 Å². The predicted octanol–water partition coefficient (Wildman–Crippen LogP) is 4.26. The summed E-state index contributed by atoms with van der Waals surface area (Å²) in [5, 5.41) is 9.64. The fraction of sp³-hybridized carbons (Fsp3) is 1.00. The third kappa shape index (κ3) is 3.48. The SMILES string of the molecule is CCCCC1(OC(C)O)CCC2CCCCC2C1. The smallest absolute Gasteiger partial charge is 0.152 e. The molecule has 4 atom stereocenters. The Kier molecular flexibility index (Phi) is 5.08. The number of aliphatic hydroxyl groups is 1. The van der Waals surface area contributed by atoms with Crippen molar-refractivity contribution in [1.82, 2.24) is 0 Å². The monoisotopic (exact) mass is 254 g/mol. The third-order valence-corrected chi connectivity index (χ3v) is 5.08. The second kappa shape index (κ2) is 6.38. The number of ether oxygens (including phenoxy) is 1. The van der Waals surface area contributed by atoms with Gasteiger partial charge in [-0.3, -0.25) is 0 Å². The van der Waals surface area contributed by atoms with Gasteiger partial charge in [-0.25, -0.2) is 0 Å². The van der Waals surface area contributed by atoms with Gasteiger partial charge in [0.05, 0.1) is 5.60 Å². The molecule has 106 valence electrons. The summed E-state index contributed by atoms with van der Waals surface area (Å²) in [6.45, 7) is 4.00. The lowest BCUT2D eigenvalue weighted by molar-refractivity contribution is -0.203. The van der Waals surface area contributed by atoms with Crippen LogP contribution in [0.3, 0.4) is 0 Å². The molecule has 0 bridgehead atoms. The zero-order chi connectivity index (χ0) is 13.0. The van der Waals surface area contributed by atoms with Gasteiger partial charge in [0.15, 0.2) is 6.29 Å². The first-order valence-corrected chi connectivity index (χ1v) is 8.01. The van der Waals surface area contributed by atoms with Crippen LogP contribution in [0.4, 0.5) is 0 Å². The van der Waals surface area contributed by atoms with E-state index < -0.39 is 6.29 Å². The van der Waals surface area contributed by atoms with Gasteiger partial charge in [0, 0.05) is 0 Å². The Morgan fingerprint density at radius 2 is 1.94 bits per heavy atom. The molecule has 2 nitrogen and oxygen atoms in total. The Labute approximate surface area is 112 Å². The Morgan fingerprint density at radius 1 is 1.22 bits per heavy atom. The minimum absolute atomic E-state index is 0.0112. The number of aliphatic hydroxyl groups excluding tert-OH is 1. The van der Waals surface area contributed by atoms with Crippen LogP contribution in [0.25, 0.3) is 0 Å². The number of fused-ring (bicyclic) bond motifs is 1. The van der Waals surface area contributed by atoms with Gasteiger partial charge in [0.1, 0.15) is 0 Å². The van der Waals surface area contributed by atoms with E-state index in [2.05, 4.69) is 6.92 Å². The van der Waals surface area contributed by atoms with Gasteiger partial charge >= 0.3 is 0 Å². The van der Waals surface area contributed by atoms with Gasteiger partial charge in [-0.2, -0.15) is 0 Å². The van der Waals surface area contributed by atoms with E-state index in [4.69, 9.17) is 4.74 Å². The minimum atomic E-state index is -0.609. The van der Waals surface area contributed by atoms with Crippen molar-refractivity contribution in [2.24, 2.45) is 11.8 Å². The molecule has 2 heteroatoms. The number of hydrogen-bond acceptors (Lipinski definition) is 2. The van der Waals surface area contributed by atoms with E-state index in [9.17, 15) is 5.11 Å². The van der Waals surface area contributed by atoms with Crippen molar-refractivity contribution >= 4 is 0 Å². The Hall–Kier alpha value is -0.0800. The summed E-state index contributed by atoms with van der Waals surface area (Å²) < 4.78 is 5.99. The average molecular weight is 254 g/mol. The molecule has 0 spiro atoms. The molecule has 0 saturated heterocycles. The van der Waals surface area contributed by atoms with E-state index in [1.807, 2.05) is 0 Å². The number of hydrogen-bond donors (Lipinski definition) is 1. The maximum atomic E-state index is 9.64. The van der Waals surface area contributed by atoms with Crippen LogP contribution in [0.15, 0.2) is 0 Å². The summed E-state index contributed by atoms with van der Waals surface area (Å²) in [5.74, 6) is 1.81. The van der Waals surface area contributed by atoms with Crippen LogP contribution < -0.4 is 0 Å². The zero-order valence-electron chi connectivity index (χ0n) is 12.2. The van der Waals surface area contributed by atoms with Crippen LogP contribution >= 0.6 is 0 Å². The molecule has 0 radical (unpaired) electrons. The van der Waals surface area contributed by atoms with Crippen molar-refractivity contribution in [2.75, 3.05) is 0 Å². The molecule has 4 unspecified atom stereocenters. The lowest BCUT2D eigenvalue weighted by Crippen LogP contribution is -2.44. The Balaban J connectivity index is 2.00. The summed E-state index contributed by atoms with van der Waals surface area (Å²) in [4.78, 5) is 0. The van der Waals surface area contributed by atoms with Crippen molar-refractivity contribution in [1.29, 1.82) is 0 Å². The van der Waals surface area contributed by atoms with Crippen molar-refractivity contribution in [3.8, 4) is 0 Å². The van der Waals surface area contributed by atoms with Gasteiger partial charge in [0.2, 0.25) is 0 Å². The van der Waals surface area contributed by atoms with E-state index in [0.29, 0.717) is 0 Å². The molecular formula is C16H30O2. The first-order chi connectivity index (χ1) is 8.65. The quantitative estimate of drug-likeness (QED) is 0.743. The fourth-order valence-corrected chi connectivity index (χ4v) is 4.22. The molecule has 2 fully saturated rings. The topological polar surface area (TPSA) is 29.5 Å². The molecule has 0 amide bonds. The van der Waals surface area contributed by atoms with E-state index in [0.717, 1.165) is 18.3 Å². The minimum Gasteiger partial charge on any atom is -0.368 e. The summed E-state index contributed by atoms with van der Waals surface area (Å²) in [7, 11) is 0. The molecule has 2 aliphatic carbocycles. The normalized spacial score (nSPS) is 38.2. The van der Waals surface area contributed by atoms with E-state index in [-0.39, 0.29) is 5.60 Å². The molecule has 0 heterocycles. The van der Waals surface area contributed by atoms with Gasteiger partial charge in [0.25, 0.3) is 0 Å². The Bertz CT molecular complexity index is 251. The molecule has 0 aromatic carbocycles. The Morgan fingerprint density at radius 3 is 2.61 bits per heavy atom. The molecule has 2 rings (SSSR count). The van der Waals surface area contributed by atoms with Gasteiger partial charge in [-0.1, -0.05) is 45.4 Å². The second-order valence-electron chi connectivity index (χ2n) is 6.55. The molecule has 0 aromatic rings. The molecule has 2 aliphatic rings. The molecule has 18 heavy (non-hydrogen) atoms. The molecule has 0 aromatic heterocycles. The first kappa shape index (κ1) is 14.3. The van der Waals surface area contributed by atoms with Crippen LogP contribution in [0, 0.1) is 11.8 Å². The summed E-state index contributed by atoms with van der Waals surface area (Å²) in [6, 6.07) is 0. The van der Waals surface area contributed by atoms with Crippen LogP contribution in [-0.4, -0.2) is 17.0 Å². The maximum absolute atomic E-state index is 9.64. The average Bonchev–Trinajstić information content (AvgIpc) is 2.35. The van der Waals surface area contributed by atoms with Crippen LogP contribution in [0.5, 0.6) is 0 Å². The third-order valence-electron chi connectivity index (χ3n) is 5.08. The maximum Gasteiger partial charge on any atom is 0.152 e. The van der Waals surface area contributed by atoms with Gasteiger partial charge in [-0.05, 0) is 44.4 Å². The summed E-state index contributed by atoms with van der Waals surface area (Å²) in [5.41, 5.74) is -0.0112. The van der Waals surface area contributed by atoms with E-state index in [1.165, 1.54) is 57.8 Å². The summed E-state index contributed by atoms with van der Waals surface area (Å²) >= 11 is 0. The van der Waals surface area contributed by atoms with E-state index >= 15 is 0 Å². The van der Waals surface area contributed by atoms with Crippen LogP contribution in [0.2, 0.25) is 0 Å². The van der Waals surface area contributed by atoms with Gasteiger partial charge in [-0.15, -0.1) is 0 Å². The molecule has 2 saturated carbocycles. The van der Waals surface area contributed by atoms with Gasteiger partial charge < -0.3 is 9.84 Å². The van der Waals surface area contributed by atoms with Crippen molar-refractivity contribution < 1.29 is 9.84 Å². The molecular weight excluding hydrogens is 224 g/mol. The highest BCUT2D eigenvalue weighted by molar-refractivity contribution is 4.93. The highest BCUT2D eigenvalue weighted by atomic mass is 16.6. The predicted molar refractivity (Wildman–Crippen MR) is 74.3 cm³/mol. The lowest BCUT2D eigenvalue weighted by Gasteiger charge is -2.47. The highest BCUT2D eigenvalue weighted by Crippen LogP contribution is 2.47. The lowest BCUT2D eigenvalue weighted by atomic mass is 9.64. The fourth-order valence-electron chi connectivity index (χ4n) is 4.22. The molecule has 1 N–H and O–H groups in total. The van der Waals surface area contributed by atoms with E-state index in [1.54, 1.807) is 6.92 Å². The largest absolute Gasteiger partial charge is 0.368 e. The summed E-state index contributed by atoms with van der Waals surface area (Å²) in [6.07, 6.45) is 12.3. The zero-order valence-corrected chi connectivity index (χ0v) is 12.2. The first-order valence-electron chi connectivity index (χ1n) is 8.01. The highest BCUT2D eigenvalue weighted by Gasteiger charge is 2.42. The number of unbranched alkanes of at least 4 members (excludes halogenated alkanes) is 1. The second-order valence-corrected chi connectivity index (χ2v) is 6.55. The van der Waals surface area contributed by atoms with Crippen molar-refractivity contribution in [3.05, 3.63) is 0 Å².